The number of esters is 3. The van der Waals surface area contributed by atoms with Gasteiger partial charge in [0.05, 0.1) is 95.7 Å². The number of phenolic OH excluding ortho intramolecular Hbond substituents is 1. The number of fused-ring (bicyclic) bond motifs is 1. The highest BCUT2D eigenvalue weighted by atomic mass is 32.2. The van der Waals surface area contributed by atoms with E-state index >= 15 is 0 Å². The number of carbonyl (C=O) groups is 6. The molecule has 3 fully saturated rings. The van der Waals surface area contributed by atoms with Crippen molar-refractivity contribution in [3.8, 4) is 40.2 Å². The van der Waals surface area contributed by atoms with Gasteiger partial charge in [-0.25, -0.2) is 39.6 Å². The topological polar surface area (TPSA) is 321 Å². The smallest absolute Gasteiger partial charge is 0.343 e. The van der Waals surface area contributed by atoms with Crippen LogP contribution in [0.25, 0.3) is 0 Å². The summed E-state index contributed by atoms with van der Waals surface area (Å²) in [6, 6.07) is 69.7. The molecule has 26 nitrogen and oxygen atoms in total. The molecule has 0 aromatic heterocycles. The Hall–Kier alpha value is -11.9. The summed E-state index contributed by atoms with van der Waals surface area (Å²) in [7, 11) is -9.80. The van der Waals surface area contributed by atoms with Crippen molar-refractivity contribution in [1.82, 2.24) is 18.4 Å². The number of phenols is 1. The summed E-state index contributed by atoms with van der Waals surface area (Å²) in [5, 5.41) is 8.77. The molecule has 3 saturated heterocycles. The zero-order chi connectivity index (χ0) is 88.5. The Balaban J connectivity index is 0.000000169. The predicted molar refractivity (Wildman–Crippen MR) is 467 cm³/mol. The molecule has 0 spiro atoms. The van der Waals surface area contributed by atoms with Crippen LogP contribution in [-0.2, 0) is 44.1 Å². The molecule has 10 aromatic carbocycles. The fraction of sp³-hybridized carbons (Fsp3) is 0.298. The van der Waals surface area contributed by atoms with Crippen LogP contribution in [0.15, 0.2) is 248 Å². The van der Waals surface area contributed by atoms with Gasteiger partial charge in [0.2, 0.25) is 20.0 Å². The lowest BCUT2D eigenvalue weighted by Crippen LogP contribution is -2.42. The second-order valence-electron chi connectivity index (χ2n) is 29.1. The van der Waals surface area contributed by atoms with E-state index in [1.807, 2.05) is 151 Å². The Morgan fingerprint density at radius 1 is 0.374 bits per heavy atom. The van der Waals surface area contributed by atoms with Gasteiger partial charge >= 0.3 is 17.9 Å². The van der Waals surface area contributed by atoms with Gasteiger partial charge in [-0.1, -0.05) is 118 Å². The van der Waals surface area contributed by atoms with Crippen LogP contribution in [0.4, 0.5) is 0 Å². The number of ether oxygens (including phenoxy) is 9. The number of hydrogen-bond donors (Lipinski definition) is 1. The van der Waals surface area contributed by atoms with Crippen molar-refractivity contribution in [2.24, 2.45) is 0 Å². The molecular weight excluding hydrogens is 1630 g/mol. The van der Waals surface area contributed by atoms with Crippen LogP contribution in [0, 0.1) is 41.5 Å². The van der Waals surface area contributed by atoms with Crippen LogP contribution in [-0.4, -0.2) is 206 Å². The molecule has 123 heavy (non-hydrogen) atoms. The van der Waals surface area contributed by atoms with Crippen molar-refractivity contribution in [3.63, 3.8) is 0 Å². The Morgan fingerprint density at radius 3 is 1.05 bits per heavy atom. The van der Waals surface area contributed by atoms with E-state index in [4.69, 9.17) is 47.7 Å². The van der Waals surface area contributed by atoms with Crippen LogP contribution in [0.3, 0.4) is 0 Å². The number of imide groups is 1. The zero-order valence-electron chi connectivity index (χ0n) is 70.1. The Bertz CT molecular complexity index is 5400. The van der Waals surface area contributed by atoms with Gasteiger partial charge in [-0.15, -0.1) is 0 Å². The van der Waals surface area contributed by atoms with Crippen molar-refractivity contribution >= 4 is 65.5 Å². The largest absolute Gasteiger partial charge is 0.508 e. The van der Waals surface area contributed by atoms with E-state index < -0.39 is 47.8 Å². The van der Waals surface area contributed by atoms with Crippen molar-refractivity contribution in [1.29, 1.82) is 0 Å². The van der Waals surface area contributed by atoms with Crippen molar-refractivity contribution in [2.75, 3.05) is 117 Å². The van der Waals surface area contributed by atoms with Crippen LogP contribution in [0.1, 0.15) is 116 Å². The third-order valence-electron chi connectivity index (χ3n) is 19.2. The molecule has 3 amide bonds. The van der Waals surface area contributed by atoms with Crippen molar-refractivity contribution in [3.05, 3.63) is 309 Å². The Morgan fingerprint density at radius 2 is 0.683 bits per heavy atom. The molecule has 0 bridgehead atoms. The second kappa shape index (κ2) is 46.9. The molecule has 4 aliphatic heterocycles. The highest BCUT2D eigenvalue weighted by molar-refractivity contribution is 7.92. The number of aromatic hydroxyl groups is 1. The van der Waals surface area contributed by atoms with Crippen molar-refractivity contribution < 1.29 is 102 Å². The summed E-state index contributed by atoms with van der Waals surface area (Å²) >= 11 is 0. The molecule has 4 aliphatic rings. The third-order valence-corrected chi connectivity index (χ3v) is 25.1. The fourth-order valence-electron chi connectivity index (χ4n) is 11.8. The molecule has 29 heteroatoms. The monoisotopic (exact) mass is 1740 g/mol. The highest BCUT2D eigenvalue weighted by Gasteiger charge is 2.35. The highest BCUT2D eigenvalue weighted by Crippen LogP contribution is 2.26. The lowest BCUT2D eigenvalue weighted by Gasteiger charge is -2.26. The molecule has 1 N–H and O–H groups in total. The normalized spacial score (nSPS) is 14.0. The van der Waals surface area contributed by atoms with Crippen LogP contribution >= 0.6 is 0 Å². The van der Waals surface area contributed by atoms with Gasteiger partial charge in [0.15, 0.2) is 9.84 Å². The molecule has 0 saturated carbocycles. The van der Waals surface area contributed by atoms with E-state index in [-0.39, 0.29) is 58.3 Å². The number of morpholine rings is 3. The lowest BCUT2D eigenvalue weighted by molar-refractivity contribution is 0.0302. The first kappa shape index (κ1) is 94.9. The van der Waals surface area contributed by atoms with Gasteiger partial charge in [0.25, 0.3) is 17.7 Å². The number of benzene rings is 10. The average molecular weight is 1740 g/mol. The predicted octanol–water partition coefficient (Wildman–Crippen LogP) is 14.1. The molecule has 0 aliphatic carbocycles. The van der Waals surface area contributed by atoms with Gasteiger partial charge in [0.1, 0.15) is 53.5 Å². The summed E-state index contributed by atoms with van der Waals surface area (Å²) in [4.78, 5) is 75.9. The lowest BCUT2D eigenvalue weighted by atomic mass is 10.1. The van der Waals surface area contributed by atoms with Crippen molar-refractivity contribution in [2.45, 2.75) is 72.0 Å². The van der Waals surface area contributed by atoms with Gasteiger partial charge in [-0.3, -0.25) is 19.3 Å². The molecule has 10 aromatic rings. The molecule has 0 radical (unpaired) electrons. The molecule has 0 unspecified atom stereocenters. The van der Waals surface area contributed by atoms with E-state index in [1.54, 1.807) is 104 Å². The maximum absolute atomic E-state index is 12.5. The number of sulfone groups is 1. The molecule has 0 atom stereocenters. The second-order valence-corrected chi connectivity index (χ2v) is 35.8. The van der Waals surface area contributed by atoms with E-state index in [1.165, 1.54) is 67.6 Å². The number of carbonyl (C=O) groups excluding carboxylic acids is 6. The summed E-state index contributed by atoms with van der Waals surface area (Å²) in [5.41, 5.74) is 9.41. The minimum absolute atomic E-state index is 0.000869. The molecule has 4 heterocycles. The number of amides is 3. The Kier molecular flexibility index (Phi) is 36.2. The zero-order valence-corrected chi connectivity index (χ0v) is 72.6. The Labute approximate surface area is 719 Å². The maximum atomic E-state index is 12.5. The van der Waals surface area contributed by atoms with E-state index in [0.717, 1.165) is 33.6 Å². The number of aryl methyl sites for hydroxylation is 6. The number of rotatable bonds is 24. The molecular formula is C94H104N4O22S3. The fourth-order valence-corrected chi connectivity index (χ4v) is 15.3. The van der Waals surface area contributed by atoms with Crippen LogP contribution in [0.2, 0.25) is 0 Å². The van der Waals surface area contributed by atoms with E-state index in [2.05, 4.69) is 0 Å². The molecule has 14 rings (SSSR count). The van der Waals surface area contributed by atoms with Crippen LogP contribution < -0.4 is 28.4 Å². The first-order valence-corrected chi connectivity index (χ1v) is 44.8. The first-order chi connectivity index (χ1) is 58.9. The van der Waals surface area contributed by atoms with Gasteiger partial charge in [0, 0.05) is 51.4 Å². The third kappa shape index (κ3) is 30.3. The quantitative estimate of drug-likeness (QED) is 0.0254. The van der Waals surface area contributed by atoms with E-state index in [9.17, 15) is 54.0 Å². The standard InChI is InChI=1S/C19H19NO4.C18H19NO5S.C18H17NO3.C14H12O3.C13H19NO4S.C12H18O3S/c1-14-2-8-17(9-3-14)24-19(22)16-6-4-15(5-7-16)18(21)20-10-12-23-13-11-20;1-14-2-6-16(7-3-14)24-18(20)15-4-8-17(9-5-15)25(21,22)19-10-12-23-13-11-19;1-13-7-9-14(10-8-13)22-12-4-11-19-17(20)15-5-2-3-6-16(15)18(19)21;1-10-2-8-13(9-3-10)17-14(16)11-4-6-12(15)7-5-11;1-12-2-4-13(5-3-12)18-10-11-19(15,16)14-6-8-17-9-7-14;1-10(2)16(13,14)9-8-15-12-6-4-11(3)5-7-12/h2-9H,10-13H2,1H3;2-9H,10-13H2,1H3;2-3,5-10H,4,11-12H2,1H3;2-9,15H,1H3;2-5H,6-11H2,1H3;4-7,10H,8-9H2,1-3H3. The minimum atomic E-state index is -3.57. The summed E-state index contributed by atoms with van der Waals surface area (Å²) < 4.78 is 123. The number of sulfonamides is 2. The SMILES string of the molecule is Cc1ccc(OC(=O)c2ccc(C(=O)N3CCOCC3)cc2)cc1.Cc1ccc(OC(=O)c2ccc(O)cc2)cc1.Cc1ccc(OC(=O)c2ccc(S(=O)(=O)N3CCOCC3)cc2)cc1.Cc1ccc(OCCCN2C(=O)c3ccccc3C2=O)cc1.Cc1ccc(OCCS(=O)(=O)C(C)C)cc1.Cc1ccc(OCCS(=O)(=O)N2CCOCC2)cc1. The molecule has 650 valence electrons. The first-order valence-electron chi connectivity index (χ1n) is 40.0. The minimum Gasteiger partial charge on any atom is -0.508 e. The van der Waals surface area contributed by atoms with Gasteiger partial charge in [-0.2, -0.15) is 8.61 Å². The van der Waals surface area contributed by atoms with E-state index in [0.29, 0.717) is 161 Å². The summed E-state index contributed by atoms with van der Waals surface area (Å²) in [5.74, 6) is 1.98. The number of nitrogens with zero attached hydrogens (tertiary/aromatic N) is 4. The number of hydrogen-bond acceptors (Lipinski definition) is 22. The average Bonchev–Trinajstić information content (AvgIpc) is 1.65. The van der Waals surface area contributed by atoms with Crippen LogP contribution in [0.5, 0.6) is 40.2 Å². The summed E-state index contributed by atoms with van der Waals surface area (Å²) in [6.07, 6.45) is 0.610. The maximum Gasteiger partial charge on any atom is 0.343 e. The van der Waals surface area contributed by atoms with Gasteiger partial charge in [-0.05, 0) is 220 Å². The van der Waals surface area contributed by atoms with Gasteiger partial charge < -0.3 is 52.6 Å². The summed E-state index contributed by atoms with van der Waals surface area (Å²) in [6.45, 7) is 22.0.